The Kier molecular flexibility index (Phi) is 3.43. The van der Waals surface area contributed by atoms with Gasteiger partial charge in [0.2, 0.25) is 6.10 Å². The number of para-hydroxylation sites is 1. The van der Waals surface area contributed by atoms with E-state index in [4.69, 9.17) is 15.2 Å². The van der Waals surface area contributed by atoms with Crippen LogP contribution in [-0.2, 0) is 14.4 Å². The number of hydrogen-bond acceptors (Lipinski definition) is 5. The van der Waals surface area contributed by atoms with Gasteiger partial charge in [0, 0.05) is 6.42 Å². The van der Waals surface area contributed by atoms with Crippen molar-refractivity contribution >= 4 is 23.3 Å². The minimum Gasteiger partial charge on any atom is -0.477 e. The number of amides is 1. The highest BCUT2D eigenvalue weighted by molar-refractivity contribution is 6.36. The summed E-state index contributed by atoms with van der Waals surface area (Å²) in [6.45, 7) is 0. The van der Waals surface area contributed by atoms with Crippen molar-refractivity contribution in [2.75, 3.05) is 5.32 Å². The summed E-state index contributed by atoms with van der Waals surface area (Å²) in [5, 5.41) is 23.4. The molecule has 0 aromatic heterocycles. The summed E-state index contributed by atoms with van der Waals surface area (Å²) in [7, 11) is 0. The molecule has 0 fully saturated rings. The van der Waals surface area contributed by atoms with Crippen LogP contribution in [-0.4, -0.2) is 28.8 Å². The topological polar surface area (TPSA) is 112 Å². The number of anilines is 1. The molecule has 0 bridgehead atoms. The molecule has 0 aliphatic carbocycles. The molecule has 1 heterocycles. The fraction of sp³-hybridized carbons (Fsp3) is 0.167. The lowest BCUT2D eigenvalue weighted by Crippen LogP contribution is -2.29. The van der Waals surface area contributed by atoms with E-state index in [1.807, 2.05) is 6.07 Å². The summed E-state index contributed by atoms with van der Waals surface area (Å²) >= 11 is 0. The van der Waals surface area contributed by atoms with Gasteiger partial charge in [-0.3, -0.25) is 4.79 Å². The summed E-state index contributed by atoms with van der Waals surface area (Å²) < 4.78 is 0. The first-order valence-electron chi connectivity index (χ1n) is 5.38. The van der Waals surface area contributed by atoms with Crippen LogP contribution in [0.15, 0.2) is 29.4 Å². The second-order valence-electron chi connectivity index (χ2n) is 3.79. The van der Waals surface area contributed by atoms with Crippen molar-refractivity contribution in [3.8, 4) is 6.07 Å². The van der Waals surface area contributed by atoms with Gasteiger partial charge in [0.05, 0.1) is 11.3 Å². The largest absolute Gasteiger partial charge is 0.477 e. The van der Waals surface area contributed by atoms with Gasteiger partial charge in [-0.05, 0) is 12.1 Å². The first-order chi connectivity index (χ1) is 9.11. The average Bonchev–Trinajstić information content (AvgIpc) is 2.89. The molecule has 2 N–H and O–H groups in total. The van der Waals surface area contributed by atoms with E-state index in [0.717, 1.165) is 0 Å². The highest BCUT2D eigenvalue weighted by Crippen LogP contribution is 2.17. The van der Waals surface area contributed by atoms with Crippen molar-refractivity contribution in [1.82, 2.24) is 0 Å². The van der Waals surface area contributed by atoms with Crippen LogP contribution in [0.25, 0.3) is 0 Å². The number of hydrogen-bond donors (Lipinski definition) is 2. The van der Waals surface area contributed by atoms with E-state index in [-0.39, 0.29) is 12.1 Å². The second kappa shape index (κ2) is 5.18. The van der Waals surface area contributed by atoms with Crippen LogP contribution in [0.5, 0.6) is 0 Å². The fourth-order valence-electron chi connectivity index (χ4n) is 1.55. The molecule has 1 unspecified atom stereocenters. The quantitative estimate of drug-likeness (QED) is 0.830. The van der Waals surface area contributed by atoms with Gasteiger partial charge in [0.1, 0.15) is 6.07 Å². The SMILES string of the molecule is N#Cc1ccccc1NC(=O)C1CC(C(=O)O)=NO1. The van der Waals surface area contributed by atoms with Crippen molar-refractivity contribution in [3.63, 3.8) is 0 Å². The van der Waals surface area contributed by atoms with Crippen LogP contribution in [0.3, 0.4) is 0 Å². The first-order valence-corrected chi connectivity index (χ1v) is 5.38. The van der Waals surface area contributed by atoms with Gasteiger partial charge in [-0.15, -0.1) is 0 Å². The van der Waals surface area contributed by atoms with Crippen LogP contribution in [0.4, 0.5) is 5.69 Å². The number of nitriles is 1. The molecule has 1 aromatic carbocycles. The molecule has 0 radical (unpaired) electrons. The van der Waals surface area contributed by atoms with Gasteiger partial charge in [-0.25, -0.2) is 4.79 Å². The van der Waals surface area contributed by atoms with E-state index in [1.165, 1.54) is 0 Å². The molecule has 96 valence electrons. The Morgan fingerprint density at radius 1 is 1.47 bits per heavy atom. The molecule has 1 aromatic rings. The number of carboxylic acids is 1. The van der Waals surface area contributed by atoms with Crippen molar-refractivity contribution in [2.45, 2.75) is 12.5 Å². The van der Waals surface area contributed by atoms with Crippen LogP contribution >= 0.6 is 0 Å². The number of rotatable bonds is 3. The summed E-state index contributed by atoms with van der Waals surface area (Å²) in [4.78, 5) is 27.2. The summed E-state index contributed by atoms with van der Waals surface area (Å²) in [6.07, 6.45) is -1.09. The normalized spacial score (nSPS) is 17.0. The Bertz CT molecular complexity index is 603. The van der Waals surface area contributed by atoms with E-state index < -0.39 is 18.0 Å². The van der Waals surface area contributed by atoms with E-state index in [9.17, 15) is 9.59 Å². The van der Waals surface area contributed by atoms with Gasteiger partial charge in [-0.2, -0.15) is 5.26 Å². The lowest BCUT2D eigenvalue weighted by molar-refractivity contribution is -0.129. The zero-order chi connectivity index (χ0) is 13.8. The van der Waals surface area contributed by atoms with Gasteiger partial charge in [0.25, 0.3) is 5.91 Å². The molecule has 1 aliphatic rings. The maximum Gasteiger partial charge on any atom is 0.353 e. The summed E-state index contributed by atoms with van der Waals surface area (Å²) in [5.41, 5.74) is 0.462. The van der Waals surface area contributed by atoms with Gasteiger partial charge >= 0.3 is 5.97 Å². The molecule has 1 aliphatic heterocycles. The predicted octanol–water partition coefficient (Wildman–Crippen LogP) is 0.726. The highest BCUT2D eigenvalue weighted by atomic mass is 16.6. The summed E-state index contributed by atoms with van der Waals surface area (Å²) in [6, 6.07) is 8.42. The molecule has 1 amide bonds. The number of carbonyl (C=O) groups excluding carboxylic acids is 1. The lowest BCUT2D eigenvalue weighted by atomic mass is 10.1. The maximum absolute atomic E-state index is 11.8. The Hall–Kier alpha value is -2.88. The lowest BCUT2D eigenvalue weighted by Gasteiger charge is -2.10. The molecule has 19 heavy (non-hydrogen) atoms. The number of carbonyl (C=O) groups is 2. The fourth-order valence-corrected chi connectivity index (χ4v) is 1.55. The van der Waals surface area contributed by atoms with E-state index in [1.54, 1.807) is 24.3 Å². The van der Waals surface area contributed by atoms with Gasteiger partial charge < -0.3 is 15.3 Å². The standard InChI is InChI=1S/C12H9N3O4/c13-6-7-3-1-2-4-8(7)14-11(16)10-5-9(12(17)18)15-19-10/h1-4,10H,5H2,(H,14,16)(H,17,18). The van der Waals surface area contributed by atoms with E-state index in [0.29, 0.717) is 11.3 Å². The van der Waals surface area contributed by atoms with Crippen LogP contribution in [0.2, 0.25) is 0 Å². The third-order valence-electron chi connectivity index (χ3n) is 2.51. The Morgan fingerprint density at radius 2 is 2.21 bits per heavy atom. The molecule has 0 saturated carbocycles. The number of benzene rings is 1. The number of oxime groups is 1. The van der Waals surface area contributed by atoms with Crippen molar-refractivity contribution < 1.29 is 19.5 Å². The van der Waals surface area contributed by atoms with Crippen molar-refractivity contribution in [1.29, 1.82) is 5.26 Å². The molecule has 0 saturated heterocycles. The van der Waals surface area contributed by atoms with Crippen LogP contribution < -0.4 is 5.32 Å². The zero-order valence-corrected chi connectivity index (χ0v) is 9.66. The molecular weight excluding hydrogens is 250 g/mol. The monoisotopic (exact) mass is 259 g/mol. The maximum atomic E-state index is 11.8. The molecule has 0 spiro atoms. The minimum atomic E-state index is -1.22. The third kappa shape index (κ3) is 2.69. The molecular formula is C12H9N3O4. The molecule has 2 rings (SSSR count). The Morgan fingerprint density at radius 3 is 2.84 bits per heavy atom. The smallest absolute Gasteiger partial charge is 0.353 e. The van der Waals surface area contributed by atoms with Crippen molar-refractivity contribution in [2.24, 2.45) is 5.16 Å². The highest BCUT2D eigenvalue weighted by Gasteiger charge is 2.31. The second-order valence-corrected chi connectivity index (χ2v) is 3.79. The Labute approximate surface area is 108 Å². The number of nitrogens with zero attached hydrogens (tertiary/aromatic N) is 2. The average molecular weight is 259 g/mol. The van der Waals surface area contributed by atoms with Gasteiger partial charge in [-0.1, -0.05) is 17.3 Å². The third-order valence-corrected chi connectivity index (χ3v) is 2.51. The zero-order valence-electron chi connectivity index (χ0n) is 9.66. The summed E-state index contributed by atoms with van der Waals surface area (Å²) in [5.74, 6) is -1.75. The van der Waals surface area contributed by atoms with Crippen LogP contribution in [0.1, 0.15) is 12.0 Å². The number of nitrogens with one attached hydrogen (secondary N) is 1. The van der Waals surface area contributed by atoms with Crippen molar-refractivity contribution in [3.05, 3.63) is 29.8 Å². The Balaban J connectivity index is 2.04. The molecule has 7 heteroatoms. The minimum absolute atomic E-state index is 0.101. The predicted molar refractivity (Wildman–Crippen MR) is 64.3 cm³/mol. The molecule has 7 nitrogen and oxygen atoms in total. The number of carboxylic acid groups (broad SMARTS) is 1. The molecule has 1 atom stereocenters. The number of aliphatic carboxylic acids is 1. The van der Waals surface area contributed by atoms with E-state index in [2.05, 4.69) is 10.5 Å². The van der Waals surface area contributed by atoms with Gasteiger partial charge in [0.15, 0.2) is 5.71 Å². The first kappa shape index (κ1) is 12.6. The van der Waals surface area contributed by atoms with Crippen LogP contribution in [0, 0.1) is 11.3 Å². The van der Waals surface area contributed by atoms with E-state index >= 15 is 0 Å².